The Balaban J connectivity index is 2.41. The largest absolute Gasteiger partial charge is 0.435 e. The molecule has 0 aromatic carbocycles. The lowest BCUT2D eigenvalue weighted by Crippen LogP contribution is -2.07. The van der Waals surface area contributed by atoms with E-state index in [1.54, 1.807) is 0 Å². The van der Waals surface area contributed by atoms with Gasteiger partial charge in [-0.2, -0.15) is 23.5 Å². The molecule has 17 heavy (non-hydrogen) atoms. The van der Waals surface area contributed by atoms with Crippen LogP contribution < -0.4 is 0 Å². The second-order valence-electron chi connectivity index (χ2n) is 3.16. The Bertz CT molecular complexity index is 580. The van der Waals surface area contributed by atoms with Crippen molar-refractivity contribution in [2.45, 2.75) is 6.18 Å². The SMILES string of the molecule is N#Cc1ccnc(-n2ccc(C(F)(F)F)n2)c1. The number of aromatic nitrogens is 3. The number of pyridine rings is 1. The fraction of sp³-hybridized carbons (Fsp3) is 0.100. The highest BCUT2D eigenvalue weighted by Gasteiger charge is 2.33. The highest BCUT2D eigenvalue weighted by molar-refractivity contribution is 5.35. The fourth-order valence-corrected chi connectivity index (χ4v) is 1.22. The third-order valence-electron chi connectivity index (χ3n) is 1.99. The van der Waals surface area contributed by atoms with E-state index >= 15 is 0 Å². The van der Waals surface area contributed by atoms with Crippen molar-refractivity contribution in [1.82, 2.24) is 14.8 Å². The molecule has 0 aliphatic heterocycles. The van der Waals surface area contributed by atoms with E-state index in [0.29, 0.717) is 5.56 Å². The van der Waals surface area contributed by atoms with Crippen LogP contribution >= 0.6 is 0 Å². The normalized spacial score (nSPS) is 11.2. The van der Waals surface area contributed by atoms with Crippen LogP contribution in [0.15, 0.2) is 30.6 Å². The first-order valence-electron chi connectivity index (χ1n) is 4.50. The van der Waals surface area contributed by atoms with Gasteiger partial charge in [-0.05, 0) is 12.1 Å². The lowest BCUT2D eigenvalue weighted by atomic mass is 10.3. The minimum Gasteiger partial charge on any atom is -0.237 e. The first-order valence-corrected chi connectivity index (χ1v) is 4.50. The predicted octanol–water partition coefficient (Wildman–Crippen LogP) is 2.16. The molecule has 0 amide bonds. The molecule has 7 heteroatoms. The summed E-state index contributed by atoms with van der Waals surface area (Å²) >= 11 is 0. The van der Waals surface area contributed by atoms with Gasteiger partial charge in [-0.3, -0.25) is 0 Å². The summed E-state index contributed by atoms with van der Waals surface area (Å²) < 4.78 is 37.9. The summed E-state index contributed by atoms with van der Waals surface area (Å²) in [5.41, 5.74) is -0.694. The van der Waals surface area contributed by atoms with Crippen molar-refractivity contribution in [3.05, 3.63) is 41.9 Å². The van der Waals surface area contributed by atoms with Crippen molar-refractivity contribution in [3.63, 3.8) is 0 Å². The zero-order chi connectivity index (χ0) is 12.5. The standard InChI is InChI=1S/C10H5F3N4/c11-10(12,13)8-2-4-17(16-8)9-5-7(6-14)1-3-15-9/h1-5H. The van der Waals surface area contributed by atoms with Gasteiger partial charge in [0.25, 0.3) is 0 Å². The third kappa shape index (κ3) is 2.25. The molecule has 2 rings (SSSR count). The maximum absolute atomic E-state index is 12.3. The van der Waals surface area contributed by atoms with E-state index in [9.17, 15) is 13.2 Å². The quantitative estimate of drug-likeness (QED) is 0.764. The Hall–Kier alpha value is -2.36. The second-order valence-corrected chi connectivity index (χ2v) is 3.16. The van der Waals surface area contributed by atoms with Crippen molar-refractivity contribution in [3.8, 4) is 11.9 Å². The van der Waals surface area contributed by atoms with Gasteiger partial charge in [0, 0.05) is 18.5 Å². The van der Waals surface area contributed by atoms with Crippen molar-refractivity contribution in [1.29, 1.82) is 5.26 Å². The lowest BCUT2D eigenvalue weighted by Gasteiger charge is -2.02. The van der Waals surface area contributed by atoms with Gasteiger partial charge in [0.15, 0.2) is 11.5 Å². The molecular weight excluding hydrogens is 233 g/mol. The van der Waals surface area contributed by atoms with Crippen molar-refractivity contribution in [2.24, 2.45) is 0 Å². The smallest absolute Gasteiger partial charge is 0.237 e. The molecule has 0 spiro atoms. The first kappa shape index (κ1) is 11.1. The number of hydrogen-bond donors (Lipinski definition) is 0. The minimum atomic E-state index is -4.49. The molecule has 0 aliphatic carbocycles. The number of nitrogens with zero attached hydrogens (tertiary/aromatic N) is 4. The molecule has 86 valence electrons. The van der Waals surface area contributed by atoms with Crippen LogP contribution in [0.5, 0.6) is 0 Å². The molecule has 4 nitrogen and oxygen atoms in total. The Morgan fingerprint density at radius 2 is 2.06 bits per heavy atom. The lowest BCUT2D eigenvalue weighted by molar-refractivity contribution is -0.141. The fourth-order valence-electron chi connectivity index (χ4n) is 1.22. The van der Waals surface area contributed by atoms with E-state index in [2.05, 4.69) is 10.1 Å². The number of hydrogen-bond acceptors (Lipinski definition) is 3. The van der Waals surface area contributed by atoms with Gasteiger partial charge >= 0.3 is 6.18 Å². The summed E-state index contributed by atoms with van der Waals surface area (Å²) in [6.45, 7) is 0. The molecule has 0 N–H and O–H groups in total. The maximum Gasteiger partial charge on any atom is 0.435 e. The van der Waals surface area contributed by atoms with Crippen LogP contribution in [0, 0.1) is 11.3 Å². The summed E-state index contributed by atoms with van der Waals surface area (Å²) in [6.07, 6.45) is -2.01. The highest BCUT2D eigenvalue weighted by Crippen LogP contribution is 2.27. The van der Waals surface area contributed by atoms with E-state index in [0.717, 1.165) is 16.9 Å². The van der Waals surface area contributed by atoms with Gasteiger partial charge in [0.1, 0.15) is 0 Å². The average molecular weight is 238 g/mol. The van der Waals surface area contributed by atoms with Gasteiger partial charge in [0.2, 0.25) is 0 Å². The predicted molar refractivity (Wildman–Crippen MR) is 51.1 cm³/mol. The van der Waals surface area contributed by atoms with Crippen LogP contribution in [0.25, 0.3) is 5.82 Å². The molecular formula is C10H5F3N4. The monoisotopic (exact) mass is 238 g/mol. The van der Waals surface area contributed by atoms with Crippen molar-refractivity contribution >= 4 is 0 Å². The molecule has 2 aromatic rings. The van der Waals surface area contributed by atoms with Gasteiger partial charge in [-0.15, -0.1) is 0 Å². The van der Waals surface area contributed by atoms with Crippen LogP contribution in [0.3, 0.4) is 0 Å². The molecule has 0 aliphatic rings. The molecule has 2 heterocycles. The Kier molecular flexibility index (Phi) is 2.55. The van der Waals surface area contributed by atoms with E-state index in [-0.39, 0.29) is 5.82 Å². The zero-order valence-electron chi connectivity index (χ0n) is 8.31. The van der Waals surface area contributed by atoms with Crippen LogP contribution in [0.4, 0.5) is 13.2 Å². The summed E-state index contributed by atoms with van der Waals surface area (Å²) in [5.74, 6) is 0.166. The number of alkyl halides is 3. The van der Waals surface area contributed by atoms with Crippen LogP contribution in [0.1, 0.15) is 11.3 Å². The molecule has 0 radical (unpaired) electrons. The number of rotatable bonds is 1. The van der Waals surface area contributed by atoms with Gasteiger partial charge in [-0.25, -0.2) is 9.67 Å². The van der Waals surface area contributed by atoms with E-state index in [1.165, 1.54) is 18.3 Å². The molecule has 0 saturated heterocycles. The van der Waals surface area contributed by atoms with Crippen molar-refractivity contribution in [2.75, 3.05) is 0 Å². The molecule has 0 bridgehead atoms. The Labute approximate surface area is 93.9 Å². The Morgan fingerprint density at radius 3 is 2.65 bits per heavy atom. The Morgan fingerprint density at radius 1 is 1.29 bits per heavy atom. The minimum absolute atomic E-state index is 0.166. The van der Waals surface area contributed by atoms with Crippen LogP contribution in [-0.2, 0) is 6.18 Å². The van der Waals surface area contributed by atoms with E-state index < -0.39 is 11.9 Å². The summed E-state index contributed by atoms with van der Waals surface area (Å²) in [5, 5.41) is 12.0. The van der Waals surface area contributed by atoms with E-state index in [4.69, 9.17) is 5.26 Å². The zero-order valence-corrected chi connectivity index (χ0v) is 8.31. The van der Waals surface area contributed by atoms with E-state index in [1.807, 2.05) is 6.07 Å². The molecule has 0 unspecified atom stereocenters. The van der Waals surface area contributed by atoms with Crippen LogP contribution in [-0.4, -0.2) is 14.8 Å². The molecule has 0 atom stereocenters. The molecule has 2 aromatic heterocycles. The third-order valence-corrected chi connectivity index (χ3v) is 1.99. The van der Waals surface area contributed by atoms with Gasteiger partial charge in [0.05, 0.1) is 11.6 Å². The maximum atomic E-state index is 12.3. The topological polar surface area (TPSA) is 54.5 Å². The average Bonchev–Trinajstić information content (AvgIpc) is 2.78. The second kappa shape index (κ2) is 3.90. The van der Waals surface area contributed by atoms with Gasteiger partial charge < -0.3 is 0 Å². The summed E-state index contributed by atoms with van der Waals surface area (Å²) in [7, 11) is 0. The van der Waals surface area contributed by atoms with Crippen LogP contribution in [0.2, 0.25) is 0 Å². The molecule has 0 saturated carbocycles. The van der Waals surface area contributed by atoms with Crippen molar-refractivity contribution < 1.29 is 13.2 Å². The van der Waals surface area contributed by atoms with Gasteiger partial charge in [-0.1, -0.05) is 0 Å². The molecule has 0 fully saturated rings. The highest BCUT2D eigenvalue weighted by atomic mass is 19.4. The summed E-state index contributed by atoms with van der Waals surface area (Å²) in [4.78, 5) is 3.83. The number of halogens is 3. The summed E-state index contributed by atoms with van der Waals surface area (Å²) in [6, 6.07) is 5.53. The first-order chi connectivity index (χ1) is 8.00. The number of nitriles is 1.